The van der Waals surface area contributed by atoms with E-state index in [2.05, 4.69) is 10.6 Å². The molecule has 0 bridgehead atoms. The van der Waals surface area contributed by atoms with Gasteiger partial charge in [0.2, 0.25) is 0 Å². The van der Waals surface area contributed by atoms with Crippen molar-refractivity contribution in [1.82, 2.24) is 5.32 Å². The molecule has 2 aromatic carbocycles. The molecule has 1 atom stereocenters. The SMILES string of the molecule is Cl.O=C1COc2c(C(O)CNCCc3ccc(Cl)cc3)ccc(O)c2N1. The highest BCUT2D eigenvalue weighted by atomic mass is 35.5. The van der Waals surface area contributed by atoms with Gasteiger partial charge in [-0.2, -0.15) is 0 Å². The number of halogens is 2. The fourth-order valence-corrected chi connectivity index (χ4v) is 2.80. The molecule has 140 valence electrons. The number of carbonyl (C=O) groups is 1. The zero-order valence-electron chi connectivity index (χ0n) is 13.9. The number of phenols is 1. The summed E-state index contributed by atoms with van der Waals surface area (Å²) in [6, 6.07) is 10.7. The lowest BCUT2D eigenvalue weighted by atomic mass is 10.0. The van der Waals surface area contributed by atoms with Crippen molar-refractivity contribution in [1.29, 1.82) is 0 Å². The second-order valence-corrected chi connectivity index (χ2v) is 6.25. The minimum atomic E-state index is -0.824. The Hall–Kier alpha value is -1.99. The number of hydrogen-bond acceptors (Lipinski definition) is 5. The number of anilines is 1. The number of nitrogens with one attached hydrogen (secondary N) is 2. The van der Waals surface area contributed by atoms with E-state index < -0.39 is 6.10 Å². The van der Waals surface area contributed by atoms with Crippen LogP contribution in [0.3, 0.4) is 0 Å². The smallest absolute Gasteiger partial charge is 0.262 e. The number of aliphatic hydroxyl groups is 1. The molecule has 0 fully saturated rings. The maximum absolute atomic E-state index is 11.4. The van der Waals surface area contributed by atoms with Crippen LogP contribution in [0.4, 0.5) is 5.69 Å². The van der Waals surface area contributed by atoms with Gasteiger partial charge in [0, 0.05) is 17.1 Å². The maximum atomic E-state index is 11.4. The highest BCUT2D eigenvalue weighted by molar-refractivity contribution is 6.30. The first-order valence-corrected chi connectivity index (χ1v) is 8.34. The Bertz CT molecular complexity index is 769. The van der Waals surface area contributed by atoms with E-state index >= 15 is 0 Å². The summed E-state index contributed by atoms with van der Waals surface area (Å²) >= 11 is 5.86. The number of hydrogen-bond donors (Lipinski definition) is 4. The van der Waals surface area contributed by atoms with E-state index in [1.54, 1.807) is 6.07 Å². The number of fused-ring (bicyclic) bond motifs is 1. The van der Waals surface area contributed by atoms with Gasteiger partial charge in [0.15, 0.2) is 12.4 Å². The summed E-state index contributed by atoms with van der Waals surface area (Å²) in [6.45, 7) is 0.874. The number of rotatable bonds is 6. The van der Waals surface area contributed by atoms with Gasteiger partial charge in [0.25, 0.3) is 5.91 Å². The van der Waals surface area contributed by atoms with Gasteiger partial charge in [0.1, 0.15) is 11.4 Å². The Labute approximate surface area is 162 Å². The zero-order chi connectivity index (χ0) is 17.8. The van der Waals surface area contributed by atoms with Gasteiger partial charge in [0.05, 0.1) is 6.10 Å². The quantitative estimate of drug-likeness (QED) is 0.443. The summed E-state index contributed by atoms with van der Waals surface area (Å²) in [5.41, 5.74) is 1.88. The second-order valence-electron chi connectivity index (χ2n) is 5.81. The first-order valence-electron chi connectivity index (χ1n) is 7.96. The van der Waals surface area contributed by atoms with Crippen LogP contribution in [-0.4, -0.2) is 35.8 Å². The number of ether oxygens (including phenoxy) is 1. The van der Waals surface area contributed by atoms with Gasteiger partial charge >= 0.3 is 0 Å². The van der Waals surface area contributed by atoms with Crippen LogP contribution >= 0.6 is 24.0 Å². The third kappa shape index (κ3) is 4.80. The van der Waals surface area contributed by atoms with Gasteiger partial charge in [-0.25, -0.2) is 0 Å². The first-order chi connectivity index (χ1) is 12.0. The van der Waals surface area contributed by atoms with Gasteiger partial charge in [-0.05, 0) is 42.8 Å². The van der Waals surface area contributed by atoms with Crippen LogP contribution in [0, 0.1) is 0 Å². The molecule has 1 aliphatic heterocycles. The molecule has 0 radical (unpaired) electrons. The number of aliphatic hydroxyl groups excluding tert-OH is 1. The molecule has 1 aliphatic rings. The van der Waals surface area contributed by atoms with Crippen molar-refractivity contribution in [2.24, 2.45) is 0 Å². The molecule has 6 nitrogen and oxygen atoms in total. The molecule has 0 saturated carbocycles. The predicted octanol–water partition coefficient (Wildman–Crippen LogP) is 2.66. The normalized spacial score (nSPS) is 13.8. The molecule has 8 heteroatoms. The highest BCUT2D eigenvalue weighted by Gasteiger charge is 2.25. The fraction of sp³-hybridized carbons (Fsp3) is 0.278. The van der Waals surface area contributed by atoms with Gasteiger partial charge < -0.3 is 25.6 Å². The Morgan fingerprint density at radius 1 is 1.23 bits per heavy atom. The van der Waals surface area contributed by atoms with Crippen molar-refractivity contribution in [3.63, 3.8) is 0 Å². The highest BCUT2D eigenvalue weighted by Crippen LogP contribution is 2.41. The molecular weight excluding hydrogens is 379 g/mol. The molecule has 0 spiro atoms. The lowest BCUT2D eigenvalue weighted by Crippen LogP contribution is -2.28. The van der Waals surface area contributed by atoms with Gasteiger partial charge in [-0.15, -0.1) is 12.4 Å². The van der Waals surface area contributed by atoms with Crippen LogP contribution in [0.25, 0.3) is 0 Å². The average Bonchev–Trinajstić information content (AvgIpc) is 2.61. The van der Waals surface area contributed by atoms with Crippen LogP contribution in [0.1, 0.15) is 17.2 Å². The Morgan fingerprint density at radius 3 is 2.69 bits per heavy atom. The number of amides is 1. The maximum Gasteiger partial charge on any atom is 0.262 e. The summed E-state index contributed by atoms with van der Waals surface area (Å²) in [5, 5.41) is 26.7. The van der Waals surface area contributed by atoms with Crippen LogP contribution in [0.2, 0.25) is 5.02 Å². The predicted molar refractivity (Wildman–Crippen MR) is 102 cm³/mol. The van der Waals surface area contributed by atoms with Gasteiger partial charge in [-0.1, -0.05) is 23.7 Å². The van der Waals surface area contributed by atoms with E-state index in [4.69, 9.17) is 16.3 Å². The molecule has 0 aliphatic carbocycles. The number of benzene rings is 2. The van der Waals surface area contributed by atoms with Crippen molar-refractivity contribution >= 4 is 35.6 Å². The first kappa shape index (κ1) is 20.3. The minimum absolute atomic E-state index is 0. The minimum Gasteiger partial charge on any atom is -0.506 e. The molecule has 1 heterocycles. The molecule has 0 saturated heterocycles. The fourth-order valence-electron chi connectivity index (χ4n) is 2.67. The molecule has 3 rings (SSSR count). The van der Waals surface area contributed by atoms with E-state index in [1.807, 2.05) is 24.3 Å². The summed E-state index contributed by atoms with van der Waals surface area (Å²) < 4.78 is 5.38. The zero-order valence-corrected chi connectivity index (χ0v) is 15.4. The topological polar surface area (TPSA) is 90.8 Å². The molecule has 1 amide bonds. The lowest BCUT2D eigenvalue weighted by molar-refractivity contribution is -0.118. The molecule has 1 unspecified atom stereocenters. The summed E-state index contributed by atoms with van der Waals surface area (Å²) in [5.74, 6) is -0.114. The Kier molecular flexibility index (Phi) is 7.11. The second kappa shape index (κ2) is 9.09. The van der Waals surface area contributed by atoms with E-state index in [9.17, 15) is 15.0 Å². The van der Waals surface area contributed by atoms with E-state index in [0.717, 1.165) is 12.0 Å². The standard InChI is InChI=1S/C18H19ClN2O4.ClH/c19-12-3-1-11(2-4-12)7-8-20-9-15(23)13-5-6-14(22)17-18(13)25-10-16(24)21-17;/h1-6,15,20,22-23H,7-10H2,(H,21,24);1H. The Morgan fingerprint density at radius 2 is 1.96 bits per heavy atom. The van der Waals surface area contributed by atoms with Crippen molar-refractivity contribution in [2.75, 3.05) is 25.0 Å². The van der Waals surface area contributed by atoms with E-state index in [0.29, 0.717) is 29.4 Å². The molecule has 0 aromatic heterocycles. The van der Waals surface area contributed by atoms with Crippen molar-refractivity contribution < 1.29 is 19.7 Å². The van der Waals surface area contributed by atoms with Crippen molar-refractivity contribution in [2.45, 2.75) is 12.5 Å². The molecule has 4 N–H and O–H groups in total. The summed E-state index contributed by atoms with van der Waals surface area (Å²) in [6.07, 6.45) is -0.0148. The summed E-state index contributed by atoms with van der Waals surface area (Å²) in [4.78, 5) is 11.4. The van der Waals surface area contributed by atoms with Crippen LogP contribution in [0.15, 0.2) is 36.4 Å². The van der Waals surface area contributed by atoms with E-state index in [1.165, 1.54) is 6.07 Å². The molecule has 2 aromatic rings. The van der Waals surface area contributed by atoms with E-state index in [-0.39, 0.29) is 36.4 Å². The lowest BCUT2D eigenvalue weighted by Gasteiger charge is -2.23. The third-order valence-electron chi connectivity index (χ3n) is 3.98. The largest absolute Gasteiger partial charge is 0.506 e. The van der Waals surface area contributed by atoms with Crippen molar-refractivity contribution in [3.8, 4) is 11.5 Å². The summed E-state index contributed by atoms with van der Waals surface area (Å²) in [7, 11) is 0. The van der Waals surface area contributed by atoms with Crippen molar-refractivity contribution in [3.05, 3.63) is 52.5 Å². The van der Waals surface area contributed by atoms with Crippen LogP contribution in [-0.2, 0) is 11.2 Å². The van der Waals surface area contributed by atoms with Gasteiger partial charge in [-0.3, -0.25) is 4.79 Å². The van der Waals surface area contributed by atoms with Crippen LogP contribution in [0.5, 0.6) is 11.5 Å². The van der Waals surface area contributed by atoms with Crippen LogP contribution < -0.4 is 15.4 Å². The monoisotopic (exact) mass is 398 g/mol. The number of phenolic OH excluding ortho intramolecular Hbond substituents is 1. The molecular formula is C18H20Cl2N2O4. The Balaban J connectivity index is 0.00000243. The number of aromatic hydroxyl groups is 1. The average molecular weight is 399 g/mol. The molecule has 26 heavy (non-hydrogen) atoms. The third-order valence-corrected chi connectivity index (χ3v) is 4.23. The number of carbonyl (C=O) groups excluding carboxylic acids is 1.